The average Bonchev–Trinajstić information content (AvgIpc) is 2.57. The summed E-state index contributed by atoms with van der Waals surface area (Å²) >= 11 is 1.80. The highest BCUT2D eigenvalue weighted by Crippen LogP contribution is 2.17. The second kappa shape index (κ2) is 4.22. The van der Waals surface area contributed by atoms with Gasteiger partial charge in [0.05, 0.1) is 0 Å². The lowest BCUT2D eigenvalue weighted by Gasteiger charge is -2.34. The molecule has 0 aromatic carbocycles. The van der Waals surface area contributed by atoms with Gasteiger partial charge in [-0.05, 0) is 32.3 Å². The first-order valence-corrected chi connectivity index (χ1v) is 5.38. The monoisotopic (exact) mass is 198 g/mol. The third kappa shape index (κ3) is 2.79. The standard InChI is InChI=1S/C10H18N2S/c1-10(2,8-11)12(3)7-9-5-4-6-13-9/h4-6H,7-8,11H2,1-3H3. The van der Waals surface area contributed by atoms with E-state index in [1.807, 2.05) is 0 Å². The van der Waals surface area contributed by atoms with Gasteiger partial charge in [-0.25, -0.2) is 0 Å². The molecule has 0 fully saturated rings. The van der Waals surface area contributed by atoms with Crippen LogP contribution in [0.1, 0.15) is 18.7 Å². The fourth-order valence-corrected chi connectivity index (χ4v) is 1.76. The molecule has 2 N–H and O–H groups in total. The SMILES string of the molecule is CN(Cc1cccs1)C(C)(C)CN. The molecule has 0 unspecified atom stereocenters. The van der Waals surface area contributed by atoms with Crippen LogP contribution in [0.2, 0.25) is 0 Å². The smallest absolute Gasteiger partial charge is 0.0330 e. The summed E-state index contributed by atoms with van der Waals surface area (Å²) in [7, 11) is 2.12. The van der Waals surface area contributed by atoms with Crippen LogP contribution in [-0.2, 0) is 6.54 Å². The van der Waals surface area contributed by atoms with E-state index in [0.29, 0.717) is 6.54 Å². The van der Waals surface area contributed by atoms with E-state index in [9.17, 15) is 0 Å². The van der Waals surface area contributed by atoms with E-state index in [2.05, 4.69) is 43.3 Å². The van der Waals surface area contributed by atoms with Crippen LogP contribution in [0.15, 0.2) is 17.5 Å². The van der Waals surface area contributed by atoms with Gasteiger partial charge in [-0.15, -0.1) is 11.3 Å². The molecule has 0 atom stereocenters. The van der Waals surface area contributed by atoms with Crippen molar-refractivity contribution in [3.8, 4) is 0 Å². The Hall–Kier alpha value is -0.380. The molecule has 0 aliphatic carbocycles. The van der Waals surface area contributed by atoms with Crippen molar-refractivity contribution < 1.29 is 0 Å². The number of nitrogens with zero attached hydrogens (tertiary/aromatic N) is 1. The Labute approximate surface area is 84.4 Å². The minimum Gasteiger partial charge on any atom is -0.329 e. The molecule has 0 amide bonds. The lowest BCUT2D eigenvalue weighted by Crippen LogP contribution is -2.46. The molecule has 13 heavy (non-hydrogen) atoms. The first-order chi connectivity index (χ1) is 6.06. The number of likely N-dealkylation sites (N-methyl/N-ethyl adjacent to an activating group) is 1. The molecule has 1 heterocycles. The van der Waals surface area contributed by atoms with Crippen LogP contribution >= 0.6 is 11.3 Å². The molecule has 0 aliphatic heterocycles. The van der Waals surface area contributed by atoms with Gasteiger partial charge in [-0.2, -0.15) is 0 Å². The lowest BCUT2D eigenvalue weighted by atomic mass is 10.0. The average molecular weight is 198 g/mol. The number of thiophene rings is 1. The predicted molar refractivity (Wildman–Crippen MR) is 58.9 cm³/mol. The maximum atomic E-state index is 5.70. The maximum Gasteiger partial charge on any atom is 0.0330 e. The molecular formula is C10H18N2S. The minimum absolute atomic E-state index is 0.0873. The summed E-state index contributed by atoms with van der Waals surface area (Å²) in [5.41, 5.74) is 5.79. The van der Waals surface area contributed by atoms with Crippen molar-refractivity contribution in [2.45, 2.75) is 25.9 Å². The summed E-state index contributed by atoms with van der Waals surface area (Å²) in [4.78, 5) is 3.68. The molecule has 0 bridgehead atoms. The highest BCUT2D eigenvalue weighted by molar-refractivity contribution is 7.09. The minimum atomic E-state index is 0.0873. The van der Waals surface area contributed by atoms with Crippen molar-refractivity contribution in [3.63, 3.8) is 0 Å². The van der Waals surface area contributed by atoms with Gasteiger partial charge in [0.2, 0.25) is 0 Å². The first kappa shape index (κ1) is 10.7. The zero-order valence-corrected chi connectivity index (χ0v) is 9.40. The molecule has 0 radical (unpaired) electrons. The van der Waals surface area contributed by atoms with Gasteiger partial charge in [0, 0.05) is 23.5 Å². The number of hydrogen-bond acceptors (Lipinski definition) is 3. The Morgan fingerprint density at radius 3 is 2.69 bits per heavy atom. The second-order valence-corrected chi connectivity index (χ2v) is 4.98. The molecule has 0 aliphatic rings. The molecule has 0 saturated heterocycles. The molecule has 1 aromatic heterocycles. The normalized spacial score (nSPS) is 12.4. The summed E-state index contributed by atoms with van der Waals surface area (Å²) in [6, 6.07) is 4.25. The molecule has 3 heteroatoms. The van der Waals surface area contributed by atoms with Gasteiger partial charge in [-0.3, -0.25) is 4.90 Å². The van der Waals surface area contributed by atoms with Crippen molar-refractivity contribution in [1.82, 2.24) is 4.90 Å². The maximum absolute atomic E-state index is 5.70. The van der Waals surface area contributed by atoms with E-state index in [1.165, 1.54) is 4.88 Å². The summed E-state index contributed by atoms with van der Waals surface area (Å²) in [6.07, 6.45) is 0. The molecular weight excluding hydrogens is 180 g/mol. The first-order valence-electron chi connectivity index (χ1n) is 4.50. The molecule has 1 aromatic rings. The van der Waals surface area contributed by atoms with Gasteiger partial charge in [0.15, 0.2) is 0 Å². The summed E-state index contributed by atoms with van der Waals surface area (Å²) in [6.45, 7) is 6.01. The van der Waals surface area contributed by atoms with Gasteiger partial charge < -0.3 is 5.73 Å². The van der Waals surface area contributed by atoms with Crippen molar-refractivity contribution in [2.24, 2.45) is 5.73 Å². The Morgan fingerprint density at radius 2 is 2.23 bits per heavy atom. The van der Waals surface area contributed by atoms with Crippen LogP contribution in [0, 0.1) is 0 Å². The topological polar surface area (TPSA) is 29.3 Å². The Bertz CT molecular complexity index is 241. The third-order valence-corrected chi connectivity index (χ3v) is 3.37. The molecule has 0 saturated carbocycles. The van der Waals surface area contributed by atoms with E-state index in [-0.39, 0.29) is 5.54 Å². The van der Waals surface area contributed by atoms with Crippen LogP contribution in [0.3, 0.4) is 0 Å². The van der Waals surface area contributed by atoms with E-state index in [0.717, 1.165) is 6.54 Å². The van der Waals surface area contributed by atoms with Crippen molar-refractivity contribution in [2.75, 3.05) is 13.6 Å². The molecule has 0 spiro atoms. The van der Waals surface area contributed by atoms with Gasteiger partial charge in [0.1, 0.15) is 0 Å². The summed E-state index contributed by atoms with van der Waals surface area (Å²) in [5, 5.41) is 2.11. The van der Waals surface area contributed by atoms with E-state index in [4.69, 9.17) is 5.73 Å². The number of nitrogens with two attached hydrogens (primary N) is 1. The summed E-state index contributed by atoms with van der Waals surface area (Å²) in [5.74, 6) is 0. The Balaban J connectivity index is 2.55. The fraction of sp³-hybridized carbons (Fsp3) is 0.600. The van der Waals surface area contributed by atoms with Crippen LogP contribution in [0.5, 0.6) is 0 Å². The Kier molecular flexibility index (Phi) is 3.47. The van der Waals surface area contributed by atoms with Crippen molar-refractivity contribution >= 4 is 11.3 Å². The van der Waals surface area contributed by atoms with Crippen molar-refractivity contribution in [1.29, 1.82) is 0 Å². The van der Waals surface area contributed by atoms with Crippen LogP contribution in [0.4, 0.5) is 0 Å². The van der Waals surface area contributed by atoms with Crippen LogP contribution in [0.25, 0.3) is 0 Å². The zero-order chi connectivity index (χ0) is 9.90. The Morgan fingerprint density at radius 1 is 1.54 bits per heavy atom. The van der Waals surface area contributed by atoms with Crippen LogP contribution < -0.4 is 5.73 Å². The zero-order valence-electron chi connectivity index (χ0n) is 8.58. The fourth-order valence-electron chi connectivity index (χ4n) is 1.01. The number of rotatable bonds is 4. The quantitative estimate of drug-likeness (QED) is 0.801. The van der Waals surface area contributed by atoms with E-state index in [1.54, 1.807) is 11.3 Å². The molecule has 2 nitrogen and oxygen atoms in total. The van der Waals surface area contributed by atoms with E-state index >= 15 is 0 Å². The van der Waals surface area contributed by atoms with Crippen LogP contribution in [-0.4, -0.2) is 24.0 Å². The molecule has 74 valence electrons. The highest BCUT2D eigenvalue weighted by atomic mass is 32.1. The lowest BCUT2D eigenvalue weighted by molar-refractivity contribution is 0.157. The van der Waals surface area contributed by atoms with Gasteiger partial charge in [0.25, 0.3) is 0 Å². The van der Waals surface area contributed by atoms with Crippen molar-refractivity contribution in [3.05, 3.63) is 22.4 Å². The third-order valence-electron chi connectivity index (χ3n) is 2.51. The second-order valence-electron chi connectivity index (χ2n) is 3.95. The number of hydrogen-bond donors (Lipinski definition) is 1. The predicted octanol–water partition coefficient (Wildman–Crippen LogP) is 1.92. The highest BCUT2D eigenvalue weighted by Gasteiger charge is 2.21. The largest absolute Gasteiger partial charge is 0.329 e. The van der Waals surface area contributed by atoms with E-state index < -0.39 is 0 Å². The van der Waals surface area contributed by atoms with Gasteiger partial charge in [-0.1, -0.05) is 6.07 Å². The molecule has 1 rings (SSSR count). The summed E-state index contributed by atoms with van der Waals surface area (Å²) < 4.78 is 0. The van der Waals surface area contributed by atoms with Gasteiger partial charge >= 0.3 is 0 Å².